The molecule has 1 saturated carbocycles. The minimum Gasteiger partial charge on any atom is -0.435 e. The number of benzene rings is 1. The Morgan fingerprint density at radius 1 is 1.38 bits per heavy atom. The molecule has 1 aromatic carbocycles. The van der Waals surface area contributed by atoms with Crippen molar-refractivity contribution in [3.63, 3.8) is 0 Å². The third kappa shape index (κ3) is 4.30. The number of ether oxygens (including phenoxy) is 1. The van der Waals surface area contributed by atoms with E-state index in [1.165, 1.54) is 18.2 Å². The van der Waals surface area contributed by atoms with Crippen molar-refractivity contribution in [2.75, 3.05) is 12.4 Å². The highest BCUT2D eigenvalue weighted by atomic mass is 35.5. The molecule has 1 aliphatic rings. The number of carbonyl (C=O) groups is 1. The zero-order chi connectivity index (χ0) is 15.3. The predicted octanol–water partition coefficient (Wildman–Crippen LogP) is 3.82. The summed E-state index contributed by atoms with van der Waals surface area (Å²) >= 11 is 6.02. The minimum atomic E-state index is -2.90. The van der Waals surface area contributed by atoms with Crippen molar-refractivity contribution in [2.45, 2.75) is 32.3 Å². The smallest absolute Gasteiger partial charge is 0.387 e. The first kappa shape index (κ1) is 16.0. The van der Waals surface area contributed by atoms with Crippen LogP contribution in [0.3, 0.4) is 0 Å². The van der Waals surface area contributed by atoms with Gasteiger partial charge in [0.1, 0.15) is 5.75 Å². The second-order valence-electron chi connectivity index (χ2n) is 5.43. The lowest BCUT2D eigenvalue weighted by Crippen LogP contribution is -2.37. The number of carbonyl (C=O) groups excluding carboxylic acids is 1. The normalized spacial score (nSPS) is 17.0. The number of hydrogen-bond donors (Lipinski definition) is 1. The average molecular weight is 318 g/mol. The second-order valence-corrected chi connectivity index (χ2v) is 5.70. The lowest BCUT2D eigenvalue weighted by Gasteiger charge is -2.26. The van der Waals surface area contributed by atoms with E-state index in [4.69, 9.17) is 11.6 Å². The molecule has 6 heteroatoms. The van der Waals surface area contributed by atoms with Crippen LogP contribution in [0.25, 0.3) is 0 Å². The molecule has 1 aliphatic carbocycles. The van der Waals surface area contributed by atoms with Crippen LogP contribution in [0.4, 0.5) is 8.78 Å². The monoisotopic (exact) mass is 317 g/mol. The van der Waals surface area contributed by atoms with E-state index in [-0.39, 0.29) is 17.1 Å². The summed E-state index contributed by atoms with van der Waals surface area (Å²) in [7, 11) is 0. The zero-order valence-electron chi connectivity index (χ0n) is 11.6. The fourth-order valence-electron chi connectivity index (χ4n) is 2.67. The van der Waals surface area contributed by atoms with Crippen LogP contribution in [0.2, 0.25) is 0 Å². The van der Waals surface area contributed by atoms with E-state index in [9.17, 15) is 13.6 Å². The van der Waals surface area contributed by atoms with Gasteiger partial charge in [0.2, 0.25) is 0 Å². The van der Waals surface area contributed by atoms with Crippen LogP contribution >= 0.6 is 11.6 Å². The van der Waals surface area contributed by atoms with Crippen LogP contribution in [0.1, 0.15) is 36.0 Å². The van der Waals surface area contributed by atoms with Gasteiger partial charge in [0.25, 0.3) is 5.91 Å². The number of amides is 1. The molecule has 0 unspecified atom stereocenters. The van der Waals surface area contributed by atoms with Crippen molar-refractivity contribution in [2.24, 2.45) is 5.41 Å². The summed E-state index contributed by atoms with van der Waals surface area (Å²) in [4.78, 5) is 12.1. The fourth-order valence-corrected chi connectivity index (χ4v) is 3.03. The van der Waals surface area contributed by atoms with Crippen molar-refractivity contribution in [3.05, 3.63) is 29.8 Å². The number of halogens is 3. The highest BCUT2D eigenvalue weighted by molar-refractivity contribution is 6.18. The average Bonchev–Trinajstić information content (AvgIpc) is 2.94. The number of rotatable bonds is 6. The third-order valence-corrected chi connectivity index (χ3v) is 4.46. The largest absolute Gasteiger partial charge is 0.435 e. The summed E-state index contributed by atoms with van der Waals surface area (Å²) in [6, 6.07) is 5.78. The summed E-state index contributed by atoms with van der Waals surface area (Å²) in [5, 5.41) is 2.85. The summed E-state index contributed by atoms with van der Waals surface area (Å²) < 4.78 is 28.6. The molecule has 0 saturated heterocycles. The van der Waals surface area contributed by atoms with Crippen LogP contribution in [0, 0.1) is 5.41 Å². The highest BCUT2D eigenvalue weighted by Crippen LogP contribution is 2.38. The summed E-state index contributed by atoms with van der Waals surface area (Å²) in [5.41, 5.74) is 0.268. The maximum absolute atomic E-state index is 12.2. The molecule has 2 rings (SSSR count). The van der Waals surface area contributed by atoms with E-state index < -0.39 is 6.61 Å². The maximum atomic E-state index is 12.2. The zero-order valence-corrected chi connectivity index (χ0v) is 12.3. The molecule has 1 aromatic rings. The van der Waals surface area contributed by atoms with Crippen molar-refractivity contribution < 1.29 is 18.3 Å². The van der Waals surface area contributed by atoms with Gasteiger partial charge < -0.3 is 10.1 Å². The molecule has 1 fully saturated rings. The Hall–Kier alpha value is -1.36. The van der Waals surface area contributed by atoms with E-state index in [1.54, 1.807) is 6.07 Å². The maximum Gasteiger partial charge on any atom is 0.387 e. The first-order chi connectivity index (χ1) is 10.0. The summed E-state index contributed by atoms with van der Waals surface area (Å²) in [6.45, 7) is -2.39. The quantitative estimate of drug-likeness (QED) is 0.810. The number of hydrogen-bond acceptors (Lipinski definition) is 2. The Balaban J connectivity index is 1.96. The minimum absolute atomic E-state index is 0.0226. The molecule has 0 bridgehead atoms. The predicted molar refractivity (Wildman–Crippen MR) is 77.0 cm³/mol. The van der Waals surface area contributed by atoms with Gasteiger partial charge in [-0.25, -0.2) is 0 Å². The van der Waals surface area contributed by atoms with Crippen molar-refractivity contribution in [1.29, 1.82) is 0 Å². The topological polar surface area (TPSA) is 38.3 Å². The number of nitrogens with one attached hydrogen (secondary N) is 1. The molecular formula is C15H18ClF2NO2. The first-order valence-corrected chi connectivity index (χ1v) is 7.47. The molecule has 0 atom stereocenters. The van der Waals surface area contributed by atoms with Crippen molar-refractivity contribution in [1.82, 2.24) is 5.32 Å². The molecule has 0 aliphatic heterocycles. The van der Waals surface area contributed by atoms with Gasteiger partial charge in [-0.15, -0.1) is 11.6 Å². The molecule has 0 aromatic heterocycles. The van der Waals surface area contributed by atoms with Crippen molar-refractivity contribution in [3.8, 4) is 5.75 Å². The first-order valence-electron chi connectivity index (χ1n) is 6.94. The highest BCUT2D eigenvalue weighted by Gasteiger charge is 2.33. The van der Waals surface area contributed by atoms with E-state index in [1.807, 2.05) is 0 Å². The van der Waals surface area contributed by atoms with Gasteiger partial charge in [0.05, 0.1) is 0 Å². The lowest BCUT2D eigenvalue weighted by molar-refractivity contribution is -0.0498. The van der Waals surface area contributed by atoms with Gasteiger partial charge in [-0.2, -0.15) is 8.78 Å². The summed E-state index contributed by atoms with van der Waals surface area (Å²) in [5.74, 6) is 0.193. The lowest BCUT2D eigenvalue weighted by atomic mass is 9.88. The Morgan fingerprint density at radius 3 is 2.71 bits per heavy atom. The van der Waals surface area contributed by atoms with E-state index in [0.717, 1.165) is 25.7 Å². The molecule has 0 radical (unpaired) electrons. The molecule has 1 amide bonds. The van der Waals surface area contributed by atoms with Gasteiger partial charge in [-0.3, -0.25) is 4.79 Å². The van der Waals surface area contributed by atoms with Crippen molar-refractivity contribution >= 4 is 17.5 Å². The van der Waals surface area contributed by atoms with E-state index in [0.29, 0.717) is 18.0 Å². The Kier molecular flexibility index (Phi) is 5.39. The van der Waals surface area contributed by atoms with Crippen LogP contribution < -0.4 is 10.1 Å². The van der Waals surface area contributed by atoms with Crippen LogP contribution in [-0.2, 0) is 0 Å². The fraction of sp³-hybridized carbons (Fsp3) is 0.533. The molecule has 0 heterocycles. The van der Waals surface area contributed by atoms with E-state index in [2.05, 4.69) is 10.1 Å². The Bertz CT molecular complexity index is 490. The standard InChI is InChI=1S/C15H18ClF2NO2/c16-9-15(6-1-2-7-15)10-19-13(20)11-4-3-5-12(8-11)21-14(17)18/h3-5,8,14H,1-2,6-7,9-10H2,(H,19,20). The van der Waals surface area contributed by atoms with Crippen LogP contribution in [0.15, 0.2) is 24.3 Å². The summed E-state index contributed by atoms with van der Waals surface area (Å²) in [6.07, 6.45) is 4.26. The van der Waals surface area contributed by atoms with Gasteiger partial charge >= 0.3 is 6.61 Å². The van der Waals surface area contributed by atoms with Crippen LogP contribution in [-0.4, -0.2) is 24.9 Å². The van der Waals surface area contributed by atoms with E-state index >= 15 is 0 Å². The molecule has 116 valence electrons. The third-order valence-electron chi connectivity index (χ3n) is 3.89. The Labute approximate surface area is 127 Å². The molecule has 21 heavy (non-hydrogen) atoms. The molecule has 0 spiro atoms. The van der Waals surface area contributed by atoms with Gasteiger partial charge in [0, 0.05) is 23.4 Å². The van der Waals surface area contributed by atoms with Gasteiger partial charge in [-0.1, -0.05) is 18.9 Å². The SMILES string of the molecule is O=C(NCC1(CCl)CCCC1)c1cccc(OC(F)F)c1. The molecular weight excluding hydrogens is 300 g/mol. The second kappa shape index (κ2) is 7.07. The van der Waals surface area contributed by atoms with Gasteiger partial charge in [0.15, 0.2) is 0 Å². The molecule has 3 nitrogen and oxygen atoms in total. The Morgan fingerprint density at radius 2 is 2.10 bits per heavy atom. The molecule has 1 N–H and O–H groups in total. The van der Waals surface area contributed by atoms with Crippen LogP contribution in [0.5, 0.6) is 5.75 Å². The van der Waals surface area contributed by atoms with Gasteiger partial charge in [-0.05, 0) is 31.0 Å². The number of alkyl halides is 3.